The predicted octanol–water partition coefficient (Wildman–Crippen LogP) is 5.44. The zero-order valence-corrected chi connectivity index (χ0v) is 19.8. The van der Waals surface area contributed by atoms with E-state index < -0.39 is 0 Å². The molecule has 0 saturated heterocycles. The Kier molecular flexibility index (Phi) is 7.72. The highest BCUT2D eigenvalue weighted by atomic mass is 16.7. The van der Waals surface area contributed by atoms with Gasteiger partial charge in [-0.05, 0) is 54.6 Å². The fourth-order valence-electron chi connectivity index (χ4n) is 4.63. The Balaban J connectivity index is 1.55. The molecule has 32 heavy (non-hydrogen) atoms. The molecule has 0 bridgehead atoms. The normalized spacial score (nSPS) is 17.9. The van der Waals surface area contributed by atoms with E-state index in [0.717, 1.165) is 37.6 Å². The number of hydrogen-bond donors (Lipinski definition) is 1. The largest absolute Gasteiger partial charge is 0.454 e. The van der Waals surface area contributed by atoms with Crippen LogP contribution in [0.15, 0.2) is 54.1 Å². The Hall–Kier alpha value is -2.50. The van der Waals surface area contributed by atoms with Crippen LogP contribution in [0.25, 0.3) is 5.70 Å². The van der Waals surface area contributed by atoms with Crippen molar-refractivity contribution >= 4 is 5.70 Å². The Morgan fingerprint density at radius 2 is 1.78 bits per heavy atom. The molecule has 2 heterocycles. The minimum Gasteiger partial charge on any atom is -0.454 e. The van der Waals surface area contributed by atoms with Crippen LogP contribution in [-0.4, -0.2) is 42.9 Å². The highest BCUT2D eigenvalue weighted by Gasteiger charge is 2.31. The number of rotatable bonds is 11. The van der Waals surface area contributed by atoms with Gasteiger partial charge in [-0.2, -0.15) is 0 Å². The first-order valence-corrected chi connectivity index (χ1v) is 12.1. The van der Waals surface area contributed by atoms with E-state index in [2.05, 4.69) is 78.7 Å². The zero-order chi connectivity index (χ0) is 22.3. The summed E-state index contributed by atoms with van der Waals surface area (Å²) in [6, 6.07) is 17.5. The fourth-order valence-corrected chi connectivity index (χ4v) is 4.63. The van der Waals surface area contributed by atoms with Gasteiger partial charge in [0.25, 0.3) is 0 Å². The maximum Gasteiger partial charge on any atom is 0.231 e. The predicted molar refractivity (Wildman–Crippen MR) is 130 cm³/mol. The molecular weight excluding hydrogens is 398 g/mol. The van der Waals surface area contributed by atoms with Crippen LogP contribution in [-0.2, 0) is 6.54 Å². The van der Waals surface area contributed by atoms with E-state index in [-0.39, 0.29) is 0 Å². The van der Waals surface area contributed by atoms with Crippen LogP contribution in [0.4, 0.5) is 0 Å². The summed E-state index contributed by atoms with van der Waals surface area (Å²) in [6.45, 7) is 7.89. The summed E-state index contributed by atoms with van der Waals surface area (Å²) >= 11 is 0. The van der Waals surface area contributed by atoms with Crippen LogP contribution < -0.4 is 14.9 Å². The van der Waals surface area contributed by atoms with Gasteiger partial charge >= 0.3 is 0 Å². The molecule has 0 radical (unpaired) electrons. The van der Waals surface area contributed by atoms with E-state index in [1.165, 1.54) is 48.1 Å². The molecular formula is C27H37N3O2. The van der Waals surface area contributed by atoms with Gasteiger partial charge in [0.1, 0.15) is 0 Å². The van der Waals surface area contributed by atoms with Crippen molar-refractivity contribution in [3.05, 3.63) is 65.2 Å². The monoisotopic (exact) mass is 435 g/mol. The molecule has 172 valence electrons. The summed E-state index contributed by atoms with van der Waals surface area (Å²) < 4.78 is 11.1. The van der Waals surface area contributed by atoms with Crippen molar-refractivity contribution in [3.63, 3.8) is 0 Å². The third kappa shape index (κ3) is 5.28. The molecule has 4 rings (SSSR count). The summed E-state index contributed by atoms with van der Waals surface area (Å²) in [5.41, 5.74) is 9.08. The van der Waals surface area contributed by atoms with Crippen LogP contribution in [0.1, 0.15) is 57.1 Å². The summed E-state index contributed by atoms with van der Waals surface area (Å²) in [7, 11) is 2.19. The topological polar surface area (TPSA) is 37.0 Å². The summed E-state index contributed by atoms with van der Waals surface area (Å²) in [4.78, 5) is 2.60. The first kappa shape index (κ1) is 22.7. The molecule has 5 nitrogen and oxygen atoms in total. The standard InChI is InChI=1S/C27H37N3O2/c1-4-6-13-23-24(29(3)28-27(23)22-11-9-8-10-12-22)19-30(16-7-5-2)18-21-14-15-25-26(17-21)32-20-31-25/h8-12,14-15,17,24,28H,4-7,13,16,18-20H2,1-3H3. The Bertz CT molecular complexity index is 912. The maximum atomic E-state index is 5.61. The highest BCUT2D eigenvalue weighted by Crippen LogP contribution is 2.34. The molecule has 0 spiro atoms. The minimum atomic E-state index is 0.324. The van der Waals surface area contributed by atoms with E-state index in [9.17, 15) is 0 Å². The van der Waals surface area contributed by atoms with Crippen molar-refractivity contribution in [3.8, 4) is 11.5 Å². The lowest BCUT2D eigenvalue weighted by Gasteiger charge is -2.30. The maximum absolute atomic E-state index is 5.61. The van der Waals surface area contributed by atoms with Gasteiger partial charge in [0.15, 0.2) is 11.5 Å². The van der Waals surface area contributed by atoms with Crippen molar-refractivity contribution in [2.75, 3.05) is 26.9 Å². The van der Waals surface area contributed by atoms with E-state index in [1.54, 1.807) is 0 Å². The molecule has 1 N–H and O–H groups in total. The molecule has 0 fully saturated rings. The summed E-state index contributed by atoms with van der Waals surface area (Å²) in [5, 5.41) is 2.31. The average Bonchev–Trinajstić information content (AvgIpc) is 3.40. The Morgan fingerprint density at radius 3 is 2.56 bits per heavy atom. The molecule has 1 atom stereocenters. The van der Waals surface area contributed by atoms with Crippen molar-refractivity contribution < 1.29 is 9.47 Å². The molecule has 2 aliphatic rings. The number of ether oxygens (including phenoxy) is 2. The highest BCUT2D eigenvalue weighted by molar-refractivity contribution is 5.69. The number of unbranched alkanes of at least 4 members (excludes halogenated alkanes) is 2. The Labute approximate surface area is 193 Å². The zero-order valence-electron chi connectivity index (χ0n) is 19.8. The number of nitrogens with one attached hydrogen (secondary N) is 1. The number of likely N-dealkylation sites (N-methyl/N-ethyl adjacent to an activating group) is 1. The smallest absolute Gasteiger partial charge is 0.231 e. The molecule has 1 unspecified atom stereocenters. The lowest BCUT2D eigenvalue weighted by Crippen LogP contribution is -2.43. The Morgan fingerprint density at radius 1 is 1.00 bits per heavy atom. The average molecular weight is 436 g/mol. The molecule has 0 aliphatic carbocycles. The molecule has 0 amide bonds. The summed E-state index contributed by atoms with van der Waals surface area (Å²) in [6.07, 6.45) is 5.96. The van der Waals surface area contributed by atoms with Crippen molar-refractivity contribution in [2.45, 2.75) is 58.5 Å². The van der Waals surface area contributed by atoms with Crippen LogP contribution in [0.3, 0.4) is 0 Å². The molecule has 0 saturated carbocycles. The number of hydrazine groups is 1. The van der Waals surface area contributed by atoms with Gasteiger partial charge in [0, 0.05) is 20.1 Å². The van der Waals surface area contributed by atoms with Gasteiger partial charge in [-0.15, -0.1) is 0 Å². The van der Waals surface area contributed by atoms with Crippen molar-refractivity contribution in [1.82, 2.24) is 15.3 Å². The second-order valence-corrected chi connectivity index (χ2v) is 8.88. The van der Waals surface area contributed by atoms with Gasteiger partial charge in [-0.25, -0.2) is 5.01 Å². The third-order valence-electron chi connectivity index (χ3n) is 6.44. The second-order valence-electron chi connectivity index (χ2n) is 8.88. The van der Waals surface area contributed by atoms with E-state index in [1.807, 2.05) is 6.07 Å². The first-order chi connectivity index (χ1) is 15.7. The molecule has 2 aliphatic heterocycles. The van der Waals surface area contributed by atoms with Crippen molar-refractivity contribution in [2.24, 2.45) is 0 Å². The quantitative estimate of drug-likeness (QED) is 0.509. The number of fused-ring (bicyclic) bond motifs is 1. The molecule has 5 heteroatoms. The third-order valence-corrected chi connectivity index (χ3v) is 6.44. The van der Waals surface area contributed by atoms with Crippen molar-refractivity contribution in [1.29, 1.82) is 0 Å². The van der Waals surface area contributed by atoms with Crippen LogP contribution >= 0.6 is 0 Å². The SMILES string of the molecule is CCCCC1=C(c2ccccc2)NN(C)C1CN(CCCC)Cc1ccc2c(c1)OCO2. The first-order valence-electron chi connectivity index (χ1n) is 12.1. The van der Waals surface area contributed by atoms with Crippen LogP contribution in [0, 0.1) is 0 Å². The van der Waals surface area contributed by atoms with Crippen LogP contribution in [0.5, 0.6) is 11.5 Å². The lowest BCUT2D eigenvalue weighted by atomic mass is 9.96. The van der Waals surface area contributed by atoms with E-state index >= 15 is 0 Å². The van der Waals surface area contributed by atoms with Gasteiger partial charge in [-0.1, -0.05) is 63.1 Å². The minimum absolute atomic E-state index is 0.324. The second kappa shape index (κ2) is 10.9. The fraction of sp³-hybridized carbons (Fsp3) is 0.481. The van der Waals surface area contributed by atoms with Crippen LogP contribution in [0.2, 0.25) is 0 Å². The number of hydrogen-bond acceptors (Lipinski definition) is 5. The van der Waals surface area contributed by atoms with Gasteiger partial charge in [-0.3, -0.25) is 4.90 Å². The van der Waals surface area contributed by atoms with Gasteiger partial charge in [0.05, 0.1) is 11.7 Å². The molecule has 2 aromatic carbocycles. The van der Waals surface area contributed by atoms with Gasteiger partial charge < -0.3 is 14.9 Å². The molecule has 0 aromatic heterocycles. The molecule has 2 aromatic rings. The number of nitrogens with zero attached hydrogens (tertiary/aromatic N) is 2. The van der Waals surface area contributed by atoms with E-state index in [4.69, 9.17) is 9.47 Å². The number of benzene rings is 2. The summed E-state index contributed by atoms with van der Waals surface area (Å²) in [5.74, 6) is 1.72. The van der Waals surface area contributed by atoms with Gasteiger partial charge in [0.2, 0.25) is 6.79 Å². The van der Waals surface area contributed by atoms with E-state index in [0.29, 0.717) is 12.8 Å². The lowest BCUT2D eigenvalue weighted by molar-refractivity contribution is 0.164.